The molecule has 0 radical (unpaired) electrons. The molecular formula is C16H17NO3S. The van der Waals surface area contributed by atoms with E-state index >= 15 is 0 Å². The van der Waals surface area contributed by atoms with Crippen LogP contribution in [-0.4, -0.2) is 29.6 Å². The Morgan fingerprint density at radius 2 is 2.33 bits per heavy atom. The normalized spacial score (nSPS) is 10.0. The summed E-state index contributed by atoms with van der Waals surface area (Å²) < 4.78 is 5.22. The van der Waals surface area contributed by atoms with Gasteiger partial charge in [-0.1, -0.05) is 11.8 Å². The summed E-state index contributed by atoms with van der Waals surface area (Å²) >= 11 is 1.54. The van der Waals surface area contributed by atoms with Crippen LogP contribution < -0.4 is 0 Å². The second-order valence-electron chi connectivity index (χ2n) is 4.69. The van der Waals surface area contributed by atoms with E-state index in [1.165, 1.54) is 17.6 Å². The van der Waals surface area contributed by atoms with E-state index in [2.05, 4.69) is 11.8 Å². The quantitative estimate of drug-likeness (QED) is 0.884. The minimum Gasteiger partial charge on any atom is -0.459 e. The third kappa shape index (κ3) is 3.97. The fourth-order valence-corrected chi connectivity index (χ4v) is 2.61. The van der Waals surface area contributed by atoms with E-state index in [0.29, 0.717) is 18.7 Å². The highest BCUT2D eigenvalue weighted by Gasteiger charge is 2.17. The largest absolute Gasteiger partial charge is 0.459 e. The Kier molecular flexibility index (Phi) is 5.20. The number of rotatable bonds is 4. The van der Waals surface area contributed by atoms with Gasteiger partial charge in [-0.3, -0.25) is 4.79 Å². The Balaban J connectivity index is 2.00. The minimum atomic E-state index is -0.128. The molecule has 0 saturated carbocycles. The summed E-state index contributed by atoms with van der Waals surface area (Å²) in [6, 6.07) is 3.74. The van der Waals surface area contributed by atoms with Gasteiger partial charge in [0.05, 0.1) is 17.7 Å². The molecule has 0 atom stereocenters. The molecule has 0 aromatic carbocycles. The van der Waals surface area contributed by atoms with Crippen LogP contribution in [0.15, 0.2) is 28.2 Å². The maximum atomic E-state index is 12.2. The first-order chi connectivity index (χ1) is 10.1. The van der Waals surface area contributed by atoms with Gasteiger partial charge in [0.1, 0.15) is 0 Å². The summed E-state index contributed by atoms with van der Waals surface area (Å²) in [6.45, 7) is 2.44. The van der Waals surface area contributed by atoms with Crippen molar-refractivity contribution in [2.45, 2.75) is 19.9 Å². The van der Waals surface area contributed by atoms with Gasteiger partial charge in [0.2, 0.25) is 0 Å². The van der Waals surface area contributed by atoms with E-state index in [1.54, 1.807) is 18.0 Å². The Hall–Kier alpha value is -2.03. The van der Waals surface area contributed by atoms with Crippen molar-refractivity contribution in [2.24, 2.45) is 0 Å². The van der Waals surface area contributed by atoms with Crippen LogP contribution in [-0.2, 0) is 6.54 Å². The van der Waals surface area contributed by atoms with Crippen molar-refractivity contribution in [3.05, 3.63) is 45.5 Å². The number of furan rings is 1. The van der Waals surface area contributed by atoms with Crippen LogP contribution in [0.5, 0.6) is 0 Å². The molecule has 0 bridgehead atoms. The molecule has 110 valence electrons. The van der Waals surface area contributed by atoms with Gasteiger partial charge in [0.15, 0.2) is 5.76 Å². The van der Waals surface area contributed by atoms with Gasteiger partial charge in [-0.2, -0.15) is 0 Å². The zero-order valence-electron chi connectivity index (χ0n) is 12.0. The number of aliphatic hydroxyl groups is 1. The smallest absolute Gasteiger partial charge is 0.289 e. The summed E-state index contributed by atoms with van der Waals surface area (Å²) in [5, 5.41) is 10.7. The molecule has 2 heterocycles. The fraction of sp³-hybridized carbons (Fsp3) is 0.312. The van der Waals surface area contributed by atoms with Crippen LogP contribution in [0, 0.1) is 18.8 Å². The number of aliphatic hydroxyl groups excluding tert-OH is 1. The first-order valence-corrected chi connectivity index (χ1v) is 7.46. The molecule has 0 spiro atoms. The van der Waals surface area contributed by atoms with E-state index in [1.807, 2.05) is 18.4 Å². The average Bonchev–Trinajstić information content (AvgIpc) is 3.07. The van der Waals surface area contributed by atoms with E-state index in [9.17, 15) is 4.79 Å². The van der Waals surface area contributed by atoms with Gasteiger partial charge >= 0.3 is 0 Å². The number of carbonyl (C=O) groups is 1. The van der Waals surface area contributed by atoms with Crippen molar-refractivity contribution < 1.29 is 14.3 Å². The Bertz CT molecular complexity index is 675. The molecule has 5 heteroatoms. The Morgan fingerprint density at radius 1 is 1.52 bits per heavy atom. The van der Waals surface area contributed by atoms with Crippen molar-refractivity contribution in [1.82, 2.24) is 4.90 Å². The highest BCUT2D eigenvalue weighted by Crippen LogP contribution is 2.17. The van der Waals surface area contributed by atoms with Gasteiger partial charge in [-0.15, -0.1) is 11.3 Å². The lowest BCUT2D eigenvalue weighted by Crippen LogP contribution is -2.26. The number of hydrogen-bond acceptors (Lipinski definition) is 4. The molecule has 4 nitrogen and oxygen atoms in total. The highest BCUT2D eigenvalue weighted by atomic mass is 32.1. The molecule has 1 N–H and O–H groups in total. The molecule has 21 heavy (non-hydrogen) atoms. The van der Waals surface area contributed by atoms with Crippen molar-refractivity contribution in [3.63, 3.8) is 0 Å². The van der Waals surface area contributed by atoms with E-state index in [0.717, 1.165) is 16.0 Å². The lowest BCUT2D eigenvalue weighted by Gasteiger charge is -2.15. The summed E-state index contributed by atoms with van der Waals surface area (Å²) in [5.74, 6) is 6.13. The van der Waals surface area contributed by atoms with Crippen LogP contribution in [0.3, 0.4) is 0 Å². The number of nitrogens with zero attached hydrogens (tertiary/aromatic N) is 1. The summed E-state index contributed by atoms with van der Waals surface area (Å²) in [6.07, 6.45) is 2.00. The Morgan fingerprint density at radius 3 is 3.00 bits per heavy atom. The second kappa shape index (κ2) is 7.11. The average molecular weight is 303 g/mol. The van der Waals surface area contributed by atoms with Crippen molar-refractivity contribution >= 4 is 17.2 Å². The molecule has 0 aliphatic carbocycles. The molecule has 0 aliphatic rings. The molecule has 0 unspecified atom stereocenters. The van der Waals surface area contributed by atoms with Crippen LogP contribution in [0.25, 0.3) is 0 Å². The predicted octanol–water partition coefficient (Wildman–Crippen LogP) is 2.66. The molecule has 0 fully saturated rings. The number of aryl methyl sites for hydroxylation is 1. The van der Waals surface area contributed by atoms with E-state index in [4.69, 9.17) is 9.52 Å². The highest BCUT2D eigenvalue weighted by molar-refractivity contribution is 7.10. The third-order valence-electron chi connectivity index (χ3n) is 2.92. The number of carbonyl (C=O) groups excluding carboxylic acids is 1. The van der Waals surface area contributed by atoms with Crippen molar-refractivity contribution in [3.8, 4) is 11.8 Å². The molecule has 0 saturated heterocycles. The number of amides is 1. The summed E-state index contributed by atoms with van der Waals surface area (Å²) in [7, 11) is 1.75. The van der Waals surface area contributed by atoms with Crippen LogP contribution >= 0.6 is 11.3 Å². The Labute approximate surface area is 128 Å². The lowest BCUT2D eigenvalue weighted by atomic mass is 10.2. The SMILES string of the molecule is Cc1ccoc1C(=O)N(C)Cc1csc(C#CCCO)c1. The topological polar surface area (TPSA) is 53.7 Å². The second-order valence-corrected chi connectivity index (χ2v) is 5.60. The molecule has 1 amide bonds. The molecule has 2 aromatic rings. The third-order valence-corrected chi connectivity index (χ3v) is 3.82. The van der Waals surface area contributed by atoms with Crippen molar-refractivity contribution in [1.29, 1.82) is 0 Å². The van der Waals surface area contributed by atoms with Gasteiger partial charge in [0, 0.05) is 25.6 Å². The van der Waals surface area contributed by atoms with Crippen LogP contribution in [0.2, 0.25) is 0 Å². The van der Waals surface area contributed by atoms with Gasteiger partial charge < -0.3 is 14.4 Å². The summed E-state index contributed by atoms with van der Waals surface area (Å²) in [5.41, 5.74) is 1.88. The molecule has 0 aliphatic heterocycles. The lowest BCUT2D eigenvalue weighted by molar-refractivity contribution is 0.0752. The monoisotopic (exact) mass is 303 g/mol. The summed E-state index contributed by atoms with van der Waals surface area (Å²) in [4.78, 5) is 14.8. The van der Waals surface area contributed by atoms with Crippen LogP contribution in [0.1, 0.15) is 33.0 Å². The molecule has 2 rings (SSSR count). The number of thiophene rings is 1. The van der Waals surface area contributed by atoms with Gasteiger partial charge in [0.25, 0.3) is 5.91 Å². The standard InChI is InChI=1S/C16H17NO3S/c1-12-6-8-20-15(12)16(19)17(2)10-13-9-14(21-11-13)5-3-4-7-18/h6,8-9,11,18H,4,7,10H2,1-2H3. The maximum Gasteiger partial charge on any atom is 0.289 e. The molecular weight excluding hydrogens is 286 g/mol. The zero-order valence-corrected chi connectivity index (χ0v) is 12.9. The first kappa shape index (κ1) is 15.4. The van der Waals surface area contributed by atoms with Crippen LogP contribution in [0.4, 0.5) is 0 Å². The van der Waals surface area contributed by atoms with E-state index in [-0.39, 0.29) is 12.5 Å². The van der Waals surface area contributed by atoms with Crippen molar-refractivity contribution in [2.75, 3.05) is 13.7 Å². The van der Waals surface area contributed by atoms with Gasteiger partial charge in [-0.05, 0) is 30.0 Å². The fourth-order valence-electron chi connectivity index (χ4n) is 1.84. The zero-order chi connectivity index (χ0) is 15.2. The minimum absolute atomic E-state index is 0.0744. The van der Waals surface area contributed by atoms with Gasteiger partial charge in [-0.25, -0.2) is 0 Å². The van der Waals surface area contributed by atoms with E-state index < -0.39 is 0 Å². The predicted molar refractivity (Wildman–Crippen MR) is 82.1 cm³/mol. The number of hydrogen-bond donors (Lipinski definition) is 1. The first-order valence-electron chi connectivity index (χ1n) is 6.58. The maximum absolute atomic E-state index is 12.2. The molecule has 2 aromatic heterocycles.